The maximum absolute atomic E-state index is 12.0. The van der Waals surface area contributed by atoms with Gasteiger partial charge in [-0.3, -0.25) is 4.79 Å². The summed E-state index contributed by atoms with van der Waals surface area (Å²) in [4.78, 5) is 23.2. The molecular weight excluding hydrogens is 264 g/mol. The molecule has 4 unspecified atom stereocenters. The van der Waals surface area contributed by atoms with Gasteiger partial charge in [-0.25, -0.2) is 9.78 Å². The summed E-state index contributed by atoms with van der Waals surface area (Å²) in [7, 11) is 0. The van der Waals surface area contributed by atoms with E-state index in [1.54, 1.807) is 0 Å². The van der Waals surface area contributed by atoms with Crippen LogP contribution in [0.5, 0.6) is 0 Å². The molecule has 2 rings (SSSR count). The zero-order chi connectivity index (χ0) is 15.3. The summed E-state index contributed by atoms with van der Waals surface area (Å²) in [6.07, 6.45) is 13.4. The van der Waals surface area contributed by atoms with Gasteiger partial charge in [0.2, 0.25) is 0 Å². The molecule has 3 heteroatoms. The smallest absolute Gasteiger partial charge is 0.138 e. The van der Waals surface area contributed by atoms with Gasteiger partial charge < -0.3 is 0 Å². The second-order valence-corrected chi connectivity index (χ2v) is 6.90. The minimum Gasteiger partial charge on any atom is -0.299 e. The average molecular weight is 294 g/mol. The Bertz CT molecular complexity index is 377. The van der Waals surface area contributed by atoms with Crippen LogP contribution in [0.2, 0.25) is 0 Å². The molecule has 0 N–H and O–H groups in total. The van der Waals surface area contributed by atoms with Crippen LogP contribution in [0.3, 0.4) is 0 Å². The van der Waals surface area contributed by atoms with Gasteiger partial charge in [0.15, 0.2) is 0 Å². The molecule has 2 aliphatic rings. The lowest BCUT2D eigenvalue weighted by Crippen LogP contribution is -2.52. The van der Waals surface area contributed by atoms with Crippen LogP contribution in [0.15, 0.2) is 12.2 Å². The quantitative estimate of drug-likeness (QED) is 0.391. The number of unbranched alkanes of at least 4 members (excludes halogenated alkanes) is 5. The van der Waals surface area contributed by atoms with Crippen molar-refractivity contribution in [2.24, 2.45) is 11.8 Å². The van der Waals surface area contributed by atoms with E-state index in [2.05, 4.69) is 19.1 Å². The fraction of sp³-hybridized carbons (Fsp3) is 0.833. The number of allylic oxidation sites excluding steroid dienone is 1. The van der Waals surface area contributed by atoms with Crippen LogP contribution in [0.25, 0.3) is 0 Å². The molecule has 4 atom stereocenters. The van der Waals surface area contributed by atoms with Crippen LogP contribution in [0.1, 0.15) is 72.1 Å². The number of hydrogen-bond acceptors (Lipinski definition) is 3. The Balaban J connectivity index is 1.80. The Hall–Kier alpha value is -0.670. The monoisotopic (exact) mass is 294 g/mol. The van der Waals surface area contributed by atoms with E-state index in [1.165, 1.54) is 32.1 Å². The van der Waals surface area contributed by atoms with E-state index in [9.17, 15) is 4.79 Å². The van der Waals surface area contributed by atoms with Gasteiger partial charge in [0.1, 0.15) is 17.5 Å². The normalized spacial score (nSPS) is 36.3. The van der Waals surface area contributed by atoms with Crippen LogP contribution in [0.4, 0.5) is 0 Å². The van der Waals surface area contributed by atoms with Crippen molar-refractivity contribution >= 4 is 5.78 Å². The number of fused-ring (bicyclic) bond motifs is 2. The molecule has 1 saturated heterocycles. The number of hydrogen-bond donors (Lipinski definition) is 0. The zero-order valence-corrected chi connectivity index (χ0v) is 13.8. The minimum atomic E-state index is -0.435. The van der Waals surface area contributed by atoms with E-state index in [1.807, 2.05) is 13.8 Å². The fourth-order valence-electron chi connectivity index (χ4n) is 3.34. The van der Waals surface area contributed by atoms with Crippen molar-refractivity contribution < 1.29 is 14.6 Å². The van der Waals surface area contributed by atoms with Crippen molar-refractivity contribution in [1.82, 2.24) is 0 Å². The number of Topliss-reactive ketones (excluding diaryl/α,β-unsaturated/α-hetero) is 1. The van der Waals surface area contributed by atoms with E-state index in [4.69, 9.17) is 9.78 Å². The average Bonchev–Trinajstić information content (AvgIpc) is 2.47. The van der Waals surface area contributed by atoms with E-state index < -0.39 is 5.60 Å². The number of carbonyl (C=O) groups is 1. The molecule has 1 saturated carbocycles. The first kappa shape index (κ1) is 16.7. The fourth-order valence-corrected chi connectivity index (χ4v) is 3.34. The highest BCUT2D eigenvalue weighted by Crippen LogP contribution is 2.42. The summed E-state index contributed by atoms with van der Waals surface area (Å²) in [6.45, 7) is 6.23. The van der Waals surface area contributed by atoms with E-state index in [0.717, 1.165) is 12.8 Å². The van der Waals surface area contributed by atoms with Gasteiger partial charge in [-0.2, -0.15) is 0 Å². The molecule has 0 radical (unpaired) electrons. The maximum Gasteiger partial charge on any atom is 0.138 e. The molecular formula is C18H30O3. The summed E-state index contributed by atoms with van der Waals surface area (Å²) in [5.41, 5.74) is -0.435. The predicted octanol–water partition coefficient (Wildman–Crippen LogP) is 4.61. The number of rotatable bonds is 7. The van der Waals surface area contributed by atoms with E-state index in [-0.39, 0.29) is 17.9 Å². The van der Waals surface area contributed by atoms with E-state index in [0.29, 0.717) is 12.2 Å². The summed E-state index contributed by atoms with van der Waals surface area (Å²) in [5, 5.41) is 0. The molecule has 21 heavy (non-hydrogen) atoms. The third-order valence-corrected chi connectivity index (χ3v) is 5.11. The van der Waals surface area contributed by atoms with Gasteiger partial charge in [0.25, 0.3) is 0 Å². The molecule has 0 spiro atoms. The van der Waals surface area contributed by atoms with Gasteiger partial charge in [0.05, 0.1) is 0 Å². The van der Waals surface area contributed by atoms with Crippen LogP contribution in [-0.2, 0) is 14.6 Å². The molecule has 0 amide bonds. The number of ketones is 1. The molecule has 0 aromatic rings. The van der Waals surface area contributed by atoms with Crippen molar-refractivity contribution in [2.75, 3.05) is 0 Å². The Morgan fingerprint density at radius 3 is 2.81 bits per heavy atom. The zero-order valence-electron chi connectivity index (χ0n) is 13.8. The first-order valence-corrected chi connectivity index (χ1v) is 8.61. The van der Waals surface area contributed by atoms with Gasteiger partial charge in [0, 0.05) is 18.3 Å². The highest BCUT2D eigenvalue weighted by atomic mass is 17.2. The summed E-state index contributed by atoms with van der Waals surface area (Å²) < 4.78 is 0. The standard InChI is InChI=1S/C18H30O3/c1-4-5-6-7-8-9-10-11-18(3)15-12-16(19)14(2)17(13-15)20-21-18/h10-11,14-15,17H,4-9,12-13H2,1-3H3. The van der Waals surface area contributed by atoms with Crippen molar-refractivity contribution in [3.63, 3.8) is 0 Å². The van der Waals surface area contributed by atoms with Crippen LogP contribution >= 0.6 is 0 Å². The first-order valence-electron chi connectivity index (χ1n) is 8.61. The lowest BCUT2D eigenvalue weighted by Gasteiger charge is -2.45. The van der Waals surface area contributed by atoms with Crippen LogP contribution < -0.4 is 0 Å². The molecule has 1 aliphatic heterocycles. The number of carbonyl (C=O) groups excluding carboxylic acids is 1. The van der Waals surface area contributed by atoms with Crippen LogP contribution in [0, 0.1) is 11.8 Å². The van der Waals surface area contributed by atoms with Gasteiger partial charge in [-0.05, 0) is 26.2 Å². The molecule has 2 bridgehead atoms. The highest BCUT2D eigenvalue weighted by molar-refractivity contribution is 5.82. The molecule has 1 aliphatic carbocycles. The van der Waals surface area contributed by atoms with Crippen LogP contribution in [-0.4, -0.2) is 17.5 Å². The van der Waals surface area contributed by atoms with Gasteiger partial charge in [-0.15, -0.1) is 0 Å². The SMILES string of the molecule is CCCCCCCC=CC1(C)OOC2CC1CC(=O)C2C. The van der Waals surface area contributed by atoms with Gasteiger partial charge >= 0.3 is 0 Å². The van der Waals surface area contributed by atoms with E-state index >= 15 is 0 Å². The third kappa shape index (κ3) is 4.17. The molecule has 0 aromatic carbocycles. The lowest BCUT2D eigenvalue weighted by molar-refractivity contribution is -0.415. The Labute approximate surface area is 129 Å². The Morgan fingerprint density at radius 1 is 1.29 bits per heavy atom. The second-order valence-electron chi connectivity index (χ2n) is 6.90. The maximum atomic E-state index is 12.0. The van der Waals surface area contributed by atoms with Gasteiger partial charge in [-0.1, -0.05) is 51.7 Å². The molecule has 120 valence electrons. The Morgan fingerprint density at radius 2 is 2.05 bits per heavy atom. The summed E-state index contributed by atoms with van der Waals surface area (Å²) >= 11 is 0. The predicted molar refractivity (Wildman–Crippen MR) is 83.8 cm³/mol. The first-order chi connectivity index (χ1) is 10.1. The second kappa shape index (κ2) is 7.55. The van der Waals surface area contributed by atoms with Crippen molar-refractivity contribution in [2.45, 2.75) is 83.8 Å². The van der Waals surface area contributed by atoms with Crippen molar-refractivity contribution in [3.8, 4) is 0 Å². The largest absolute Gasteiger partial charge is 0.299 e. The van der Waals surface area contributed by atoms with Crippen molar-refractivity contribution in [3.05, 3.63) is 12.2 Å². The minimum absolute atomic E-state index is 0.0201. The summed E-state index contributed by atoms with van der Waals surface area (Å²) in [5.74, 6) is 0.559. The van der Waals surface area contributed by atoms with Crippen molar-refractivity contribution in [1.29, 1.82) is 0 Å². The molecule has 1 heterocycles. The molecule has 0 aromatic heterocycles. The lowest BCUT2D eigenvalue weighted by atomic mass is 9.71. The third-order valence-electron chi connectivity index (χ3n) is 5.11. The topological polar surface area (TPSA) is 35.5 Å². The summed E-state index contributed by atoms with van der Waals surface area (Å²) in [6, 6.07) is 0. The molecule has 3 nitrogen and oxygen atoms in total. The molecule has 2 fully saturated rings. The Kier molecular flexibility index (Phi) is 6.00. The highest BCUT2D eigenvalue weighted by Gasteiger charge is 2.48.